The van der Waals surface area contributed by atoms with Crippen molar-refractivity contribution in [3.63, 3.8) is 0 Å². The summed E-state index contributed by atoms with van der Waals surface area (Å²) in [6, 6.07) is 0. The summed E-state index contributed by atoms with van der Waals surface area (Å²) in [4.78, 5) is 13.1. The average Bonchev–Trinajstić information content (AvgIpc) is 2.75. The van der Waals surface area contributed by atoms with Crippen molar-refractivity contribution in [1.29, 1.82) is 0 Å². The molecule has 0 aromatic rings. The first-order chi connectivity index (χ1) is 10.7. The molecule has 1 aliphatic heterocycles. The number of carbonyl (C=O) groups is 1. The van der Waals surface area contributed by atoms with Crippen molar-refractivity contribution in [3.8, 4) is 0 Å². The third kappa shape index (κ3) is 4.68. The van der Waals surface area contributed by atoms with E-state index in [9.17, 15) is 9.90 Å². The van der Waals surface area contributed by atoms with Crippen LogP contribution in [-0.2, 0) is 14.1 Å². The van der Waals surface area contributed by atoms with E-state index in [1.54, 1.807) is 5.06 Å². The van der Waals surface area contributed by atoms with Gasteiger partial charge in [-0.15, -0.1) is 0 Å². The van der Waals surface area contributed by atoms with Crippen molar-refractivity contribution in [2.75, 3.05) is 13.2 Å². The van der Waals surface area contributed by atoms with Crippen LogP contribution in [-0.4, -0.2) is 49.5 Å². The van der Waals surface area contributed by atoms with Gasteiger partial charge in [0.2, 0.25) is 0 Å². The maximum atomic E-state index is 13.1. The van der Waals surface area contributed by atoms with Gasteiger partial charge < -0.3 is 14.4 Å². The molecule has 0 aliphatic carbocycles. The van der Waals surface area contributed by atoms with Crippen LogP contribution < -0.4 is 0 Å². The summed E-state index contributed by atoms with van der Waals surface area (Å²) in [5.74, 6) is -0.142. The molecule has 0 aromatic heterocycles. The monoisotopic (exact) mass is 357 g/mol. The number of esters is 1. The van der Waals surface area contributed by atoms with Crippen LogP contribution in [0.4, 0.5) is 0 Å². The molecule has 2 atom stereocenters. The highest BCUT2D eigenvalue weighted by Gasteiger charge is 2.57. The summed E-state index contributed by atoms with van der Waals surface area (Å²) < 4.78 is 11.8. The Morgan fingerprint density at radius 3 is 2.21 bits per heavy atom. The molecule has 1 saturated heterocycles. The Morgan fingerprint density at radius 2 is 1.83 bits per heavy atom. The summed E-state index contributed by atoms with van der Waals surface area (Å²) in [6.07, 6.45) is 0.548. The topological polar surface area (TPSA) is 59.0 Å². The van der Waals surface area contributed by atoms with Gasteiger partial charge in [0.15, 0.2) is 14.6 Å². The summed E-state index contributed by atoms with van der Waals surface area (Å²) in [5.41, 5.74) is -1.27. The zero-order chi connectivity index (χ0) is 18.9. The van der Waals surface area contributed by atoms with Crippen LogP contribution in [0.15, 0.2) is 12.2 Å². The molecule has 0 saturated carbocycles. The highest BCUT2D eigenvalue weighted by atomic mass is 28.3. The third-order valence-corrected chi connectivity index (χ3v) is 5.11. The maximum Gasteiger partial charge on any atom is 0.333 e. The van der Waals surface area contributed by atoms with Crippen LogP contribution in [0.5, 0.6) is 0 Å². The predicted molar refractivity (Wildman–Crippen MR) is 99.0 cm³/mol. The van der Waals surface area contributed by atoms with Gasteiger partial charge in [-0.25, -0.2) is 4.79 Å². The van der Waals surface area contributed by atoms with Gasteiger partial charge in [-0.1, -0.05) is 27.4 Å². The number of aliphatic hydroxyl groups is 1. The van der Waals surface area contributed by atoms with Gasteiger partial charge in [-0.05, 0) is 57.2 Å². The van der Waals surface area contributed by atoms with Crippen molar-refractivity contribution in [3.05, 3.63) is 12.2 Å². The molecule has 1 heterocycles. The number of nitrogens with zero attached hydrogens (tertiary/aromatic N) is 1. The molecule has 6 heteroatoms. The SMILES string of the molecule is C=C(CO)C1(C(=O)OC(C)(C)C)CC(C(C)(C)C)CN1O[SiH](C)C. The summed E-state index contributed by atoms with van der Waals surface area (Å²) in [5, 5.41) is 11.5. The Labute approximate surface area is 148 Å². The minimum absolute atomic E-state index is 0.0135. The number of aliphatic hydroxyl groups excluding tert-OH is 1. The smallest absolute Gasteiger partial charge is 0.333 e. The van der Waals surface area contributed by atoms with Gasteiger partial charge in [0, 0.05) is 6.54 Å². The fraction of sp³-hybridized carbons (Fsp3) is 0.833. The Balaban J connectivity index is 3.34. The lowest BCUT2D eigenvalue weighted by Crippen LogP contribution is -2.55. The van der Waals surface area contributed by atoms with Gasteiger partial charge in [0.25, 0.3) is 0 Å². The molecule has 0 aromatic carbocycles. The van der Waals surface area contributed by atoms with Crippen LogP contribution in [0.1, 0.15) is 48.0 Å². The van der Waals surface area contributed by atoms with Gasteiger partial charge in [0.1, 0.15) is 5.60 Å². The Hall–Kier alpha value is -0.693. The standard InChI is InChI=1S/C18H35NO4Si/c1-13(12-20)18(15(21)22-17(5,6)7)10-14(16(2,3)4)11-19(18)23-24(8)9/h14,20,24H,1,10-12H2,2-9H3. The Bertz CT molecular complexity index is 478. The molecule has 1 fully saturated rings. The minimum Gasteiger partial charge on any atom is -0.458 e. The van der Waals surface area contributed by atoms with Crippen LogP contribution in [0, 0.1) is 11.3 Å². The molecular formula is C18H35NO4Si. The zero-order valence-corrected chi connectivity index (χ0v) is 17.8. The van der Waals surface area contributed by atoms with E-state index in [0.29, 0.717) is 18.5 Å². The number of ether oxygens (including phenoxy) is 1. The third-order valence-electron chi connectivity index (χ3n) is 4.43. The maximum absolute atomic E-state index is 13.1. The number of carbonyl (C=O) groups excluding carboxylic acids is 1. The number of hydroxylamine groups is 2. The number of hydrogen-bond donors (Lipinski definition) is 1. The van der Waals surface area contributed by atoms with E-state index >= 15 is 0 Å². The van der Waals surface area contributed by atoms with Gasteiger partial charge >= 0.3 is 5.97 Å². The summed E-state index contributed by atoms with van der Waals surface area (Å²) >= 11 is 0. The second-order valence-electron chi connectivity index (χ2n) is 9.11. The Morgan fingerprint density at radius 1 is 1.29 bits per heavy atom. The van der Waals surface area contributed by atoms with E-state index in [1.807, 2.05) is 20.8 Å². The lowest BCUT2D eigenvalue weighted by molar-refractivity contribution is -0.185. The minimum atomic E-state index is -1.44. The van der Waals surface area contributed by atoms with E-state index < -0.39 is 20.2 Å². The van der Waals surface area contributed by atoms with E-state index in [0.717, 1.165) is 0 Å². The van der Waals surface area contributed by atoms with Crippen LogP contribution >= 0.6 is 0 Å². The lowest BCUT2D eigenvalue weighted by Gasteiger charge is -2.39. The second kappa shape index (κ2) is 7.28. The van der Waals surface area contributed by atoms with Gasteiger partial charge in [-0.3, -0.25) is 0 Å². The quantitative estimate of drug-likeness (QED) is 0.466. The molecule has 0 spiro atoms. The first-order valence-electron chi connectivity index (χ1n) is 8.71. The normalized spacial score (nSPS) is 26.0. The van der Waals surface area contributed by atoms with Gasteiger partial charge in [-0.2, -0.15) is 5.06 Å². The second-order valence-corrected chi connectivity index (χ2v) is 11.4. The Kier molecular flexibility index (Phi) is 6.47. The summed E-state index contributed by atoms with van der Waals surface area (Å²) in [7, 11) is -1.44. The number of hydrogen-bond acceptors (Lipinski definition) is 5. The molecule has 24 heavy (non-hydrogen) atoms. The van der Waals surface area contributed by atoms with Gasteiger partial charge in [0.05, 0.1) is 6.61 Å². The fourth-order valence-corrected chi connectivity index (χ4v) is 3.76. The highest BCUT2D eigenvalue weighted by molar-refractivity contribution is 6.48. The zero-order valence-electron chi connectivity index (χ0n) is 16.6. The van der Waals surface area contributed by atoms with E-state index in [2.05, 4.69) is 40.4 Å². The molecule has 2 unspecified atom stereocenters. The van der Waals surface area contributed by atoms with Crippen molar-refractivity contribution < 1.29 is 19.2 Å². The molecule has 5 nitrogen and oxygen atoms in total. The van der Waals surface area contributed by atoms with Crippen LogP contribution in [0.3, 0.4) is 0 Å². The average molecular weight is 358 g/mol. The molecule has 0 radical (unpaired) electrons. The molecule has 140 valence electrons. The van der Waals surface area contributed by atoms with Crippen molar-refractivity contribution >= 4 is 15.0 Å². The molecule has 0 bridgehead atoms. The lowest BCUT2D eigenvalue weighted by atomic mass is 9.75. The van der Waals surface area contributed by atoms with Crippen LogP contribution in [0.2, 0.25) is 13.1 Å². The molecule has 0 amide bonds. The largest absolute Gasteiger partial charge is 0.458 e. The van der Waals surface area contributed by atoms with E-state index in [-0.39, 0.29) is 23.9 Å². The molecular weight excluding hydrogens is 322 g/mol. The van der Waals surface area contributed by atoms with E-state index in [1.165, 1.54) is 0 Å². The first-order valence-corrected chi connectivity index (χ1v) is 11.5. The van der Waals surface area contributed by atoms with E-state index in [4.69, 9.17) is 9.26 Å². The number of rotatable bonds is 5. The summed E-state index contributed by atoms with van der Waals surface area (Å²) in [6.45, 7) is 20.5. The van der Waals surface area contributed by atoms with Crippen molar-refractivity contribution in [2.45, 2.75) is 72.2 Å². The van der Waals surface area contributed by atoms with Crippen LogP contribution in [0.25, 0.3) is 0 Å². The fourth-order valence-electron chi connectivity index (χ4n) is 2.99. The first kappa shape index (κ1) is 21.3. The molecule has 1 N–H and O–H groups in total. The van der Waals surface area contributed by atoms with Crippen molar-refractivity contribution in [1.82, 2.24) is 5.06 Å². The molecule has 1 aliphatic rings. The molecule has 1 rings (SSSR count). The predicted octanol–water partition coefficient (Wildman–Crippen LogP) is 2.90. The van der Waals surface area contributed by atoms with Crippen molar-refractivity contribution in [2.24, 2.45) is 11.3 Å². The highest BCUT2D eigenvalue weighted by Crippen LogP contribution is 2.46.